The highest BCUT2D eigenvalue weighted by molar-refractivity contribution is 5.88. The Bertz CT molecular complexity index is 1230. The van der Waals surface area contributed by atoms with E-state index in [-0.39, 0.29) is 0 Å². The maximum Gasteiger partial charge on any atom is 0.0892 e. The molecule has 0 aliphatic rings. The molecule has 0 atom stereocenters. The number of hydrogen-bond donors (Lipinski definition) is 2. The molecule has 0 radical (unpaired) electrons. The molecule has 0 amide bonds. The first-order valence-electron chi connectivity index (χ1n) is 10.6. The summed E-state index contributed by atoms with van der Waals surface area (Å²) in [7, 11) is 3.85. The van der Waals surface area contributed by atoms with Gasteiger partial charge in [0.05, 0.1) is 22.7 Å². The third-order valence-corrected chi connectivity index (χ3v) is 5.17. The monoisotopic (exact) mass is 418 g/mol. The first kappa shape index (κ1) is 21.1. The van der Waals surface area contributed by atoms with Gasteiger partial charge >= 0.3 is 0 Å². The predicted octanol–water partition coefficient (Wildman–Crippen LogP) is 6.94. The zero-order chi connectivity index (χ0) is 22.2. The Labute approximate surface area is 189 Å². The molecule has 0 spiro atoms. The molecule has 0 bridgehead atoms. The number of benzene rings is 4. The molecule has 32 heavy (non-hydrogen) atoms. The van der Waals surface area contributed by atoms with Gasteiger partial charge < -0.3 is 10.6 Å². The number of aliphatic imine (C=N–C) groups is 2. The van der Waals surface area contributed by atoms with E-state index >= 15 is 0 Å². The van der Waals surface area contributed by atoms with Gasteiger partial charge in [0.25, 0.3) is 0 Å². The molecule has 0 aromatic heterocycles. The molecule has 4 rings (SSSR count). The van der Waals surface area contributed by atoms with Gasteiger partial charge in [0.15, 0.2) is 0 Å². The molecule has 0 saturated heterocycles. The maximum absolute atomic E-state index is 4.78. The molecule has 4 nitrogen and oxygen atoms in total. The molecular formula is C28H26N4. The van der Waals surface area contributed by atoms with E-state index in [1.165, 1.54) is 0 Å². The van der Waals surface area contributed by atoms with Gasteiger partial charge in [0, 0.05) is 26.5 Å². The summed E-state index contributed by atoms with van der Waals surface area (Å²) in [5, 5.41) is 6.46. The van der Waals surface area contributed by atoms with E-state index in [4.69, 9.17) is 9.98 Å². The summed E-state index contributed by atoms with van der Waals surface area (Å²) in [4.78, 5) is 9.51. The maximum atomic E-state index is 4.78. The van der Waals surface area contributed by atoms with Crippen LogP contribution in [0.15, 0.2) is 107 Å². The van der Waals surface area contributed by atoms with Gasteiger partial charge in [-0.15, -0.1) is 0 Å². The predicted molar refractivity (Wildman–Crippen MR) is 138 cm³/mol. The smallest absolute Gasteiger partial charge is 0.0892 e. The molecule has 0 unspecified atom stereocenters. The van der Waals surface area contributed by atoms with Gasteiger partial charge in [-0.3, -0.25) is 9.98 Å². The average Bonchev–Trinajstić information content (AvgIpc) is 2.87. The summed E-state index contributed by atoms with van der Waals surface area (Å²) in [6, 6.07) is 32.7. The molecule has 0 saturated carbocycles. The molecule has 0 aliphatic heterocycles. The highest BCUT2D eigenvalue weighted by Crippen LogP contribution is 2.35. The molecule has 2 N–H and O–H groups in total. The first-order valence-corrected chi connectivity index (χ1v) is 10.6. The molecule has 0 aliphatic carbocycles. The third kappa shape index (κ3) is 5.10. The second kappa shape index (κ2) is 10.2. The van der Waals surface area contributed by atoms with Crippen molar-refractivity contribution in [2.24, 2.45) is 9.98 Å². The van der Waals surface area contributed by atoms with E-state index in [1.807, 2.05) is 93.3 Å². The van der Waals surface area contributed by atoms with Crippen molar-refractivity contribution in [3.8, 4) is 11.1 Å². The van der Waals surface area contributed by atoms with Crippen molar-refractivity contribution in [2.75, 3.05) is 24.7 Å². The van der Waals surface area contributed by atoms with Crippen molar-refractivity contribution < 1.29 is 0 Å². The fourth-order valence-corrected chi connectivity index (χ4v) is 3.43. The SMILES string of the molecule is CNc1ccc(-c2ccc(N=Cc3ccccc3)c(N=Cc3ccccc3)c2)cc1NC. The van der Waals surface area contributed by atoms with E-state index in [0.29, 0.717) is 0 Å². The van der Waals surface area contributed by atoms with Crippen molar-refractivity contribution in [1.82, 2.24) is 0 Å². The Balaban J connectivity index is 1.74. The Kier molecular flexibility index (Phi) is 6.73. The van der Waals surface area contributed by atoms with Crippen LogP contribution < -0.4 is 10.6 Å². The normalized spacial score (nSPS) is 11.2. The van der Waals surface area contributed by atoms with Gasteiger partial charge in [-0.1, -0.05) is 72.8 Å². The summed E-state index contributed by atoms with van der Waals surface area (Å²) in [5.74, 6) is 0. The zero-order valence-electron chi connectivity index (χ0n) is 18.3. The van der Waals surface area contributed by atoms with E-state index < -0.39 is 0 Å². The van der Waals surface area contributed by atoms with E-state index in [1.54, 1.807) is 0 Å². The molecule has 158 valence electrons. The van der Waals surface area contributed by atoms with Crippen LogP contribution >= 0.6 is 0 Å². The summed E-state index contributed by atoms with van der Waals surface area (Å²) >= 11 is 0. The van der Waals surface area contributed by atoms with Gasteiger partial charge in [0.1, 0.15) is 0 Å². The average molecular weight is 419 g/mol. The van der Waals surface area contributed by atoms with Crippen molar-refractivity contribution in [2.45, 2.75) is 0 Å². The van der Waals surface area contributed by atoms with Crippen LogP contribution in [0.1, 0.15) is 11.1 Å². The first-order chi connectivity index (χ1) is 15.8. The standard InChI is InChI=1S/C28H26N4/c1-29-25-15-13-23(17-27(25)30-2)24-14-16-26(31-19-21-9-5-3-6-10-21)28(18-24)32-20-22-11-7-4-8-12-22/h3-20,29-30H,1-2H3. The van der Waals surface area contributed by atoms with Crippen LogP contribution in [0.3, 0.4) is 0 Å². The molecule has 4 aromatic rings. The molecule has 4 heteroatoms. The summed E-state index contributed by atoms with van der Waals surface area (Å²) in [5.41, 5.74) is 8.05. The van der Waals surface area contributed by atoms with Crippen molar-refractivity contribution in [3.05, 3.63) is 108 Å². The Morgan fingerprint density at radius 1 is 0.531 bits per heavy atom. The van der Waals surface area contributed by atoms with Crippen LogP contribution in [0.2, 0.25) is 0 Å². The van der Waals surface area contributed by atoms with E-state index in [9.17, 15) is 0 Å². The fraction of sp³-hybridized carbons (Fsp3) is 0.0714. The Hall–Kier alpha value is -4.18. The fourth-order valence-electron chi connectivity index (χ4n) is 3.43. The topological polar surface area (TPSA) is 48.8 Å². The lowest BCUT2D eigenvalue weighted by Gasteiger charge is -2.12. The minimum atomic E-state index is 0.822. The molecule has 0 fully saturated rings. The van der Waals surface area contributed by atoms with E-state index in [2.05, 4.69) is 41.0 Å². The second-order valence-electron chi connectivity index (χ2n) is 7.30. The third-order valence-electron chi connectivity index (χ3n) is 5.17. The van der Waals surface area contributed by atoms with Crippen LogP contribution in [0, 0.1) is 0 Å². The number of nitrogens with one attached hydrogen (secondary N) is 2. The van der Waals surface area contributed by atoms with Gasteiger partial charge in [0.2, 0.25) is 0 Å². The number of anilines is 2. The lowest BCUT2D eigenvalue weighted by Crippen LogP contribution is -1.96. The van der Waals surface area contributed by atoms with Gasteiger partial charge in [-0.25, -0.2) is 0 Å². The minimum absolute atomic E-state index is 0.822. The van der Waals surface area contributed by atoms with Crippen LogP contribution in [-0.2, 0) is 0 Å². The zero-order valence-corrected chi connectivity index (χ0v) is 18.3. The molecular weight excluding hydrogens is 392 g/mol. The van der Waals surface area contributed by atoms with Crippen molar-refractivity contribution >= 4 is 35.2 Å². The summed E-state index contributed by atoms with van der Waals surface area (Å²) in [6.07, 6.45) is 3.75. The highest BCUT2D eigenvalue weighted by atomic mass is 14.9. The number of hydrogen-bond acceptors (Lipinski definition) is 4. The lowest BCUT2D eigenvalue weighted by atomic mass is 10.0. The number of nitrogens with zero attached hydrogens (tertiary/aromatic N) is 2. The second-order valence-corrected chi connectivity index (χ2v) is 7.30. The van der Waals surface area contributed by atoms with Crippen molar-refractivity contribution in [1.29, 1.82) is 0 Å². The van der Waals surface area contributed by atoms with Gasteiger partial charge in [-0.2, -0.15) is 0 Å². The van der Waals surface area contributed by atoms with Crippen molar-refractivity contribution in [3.63, 3.8) is 0 Å². The number of rotatable bonds is 7. The quantitative estimate of drug-likeness (QED) is 0.319. The summed E-state index contributed by atoms with van der Waals surface area (Å²) < 4.78 is 0. The van der Waals surface area contributed by atoms with Crippen LogP contribution in [-0.4, -0.2) is 26.5 Å². The van der Waals surface area contributed by atoms with Crippen LogP contribution in [0.4, 0.5) is 22.7 Å². The van der Waals surface area contributed by atoms with Crippen LogP contribution in [0.5, 0.6) is 0 Å². The molecule has 0 heterocycles. The summed E-state index contributed by atoms with van der Waals surface area (Å²) in [6.45, 7) is 0. The minimum Gasteiger partial charge on any atom is -0.386 e. The molecule has 4 aromatic carbocycles. The Morgan fingerprint density at radius 3 is 1.66 bits per heavy atom. The largest absolute Gasteiger partial charge is 0.386 e. The lowest BCUT2D eigenvalue weighted by molar-refractivity contribution is 1.43. The van der Waals surface area contributed by atoms with E-state index in [0.717, 1.165) is 45.0 Å². The van der Waals surface area contributed by atoms with Crippen LogP contribution in [0.25, 0.3) is 11.1 Å². The van der Waals surface area contributed by atoms with Gasteiger partial charge in [-0.05, 0) is 46.5 Å². The highest BCUT2D eigenvalue weighted by Gasteiger charge is 2.07. The Morgan fingerprint density at radius 2 is 1.06 bits per heavy atom.